The van der Waals surface area contributed by atoms with E-state index in [9.17, 15) is 4.39 Å². The molecule has 0 aliphatic carbocycles. The van der Waals surface area contributed by atoms with Gasteiger partial charge in [0.1, 0.15) is 5.82 Å². The Bertz CT molecular complexity index is 771. The van der Waals surface area contributed by atoms with E-state index in [1.54, 1.807) is 6.07 Å². The lowest BCUT2D eigenvalue weighted by molar-refractivity contribution is 0.424. The molecule has 0 fully saturated rings. The third-order valence-electron chi connectivity index (χ3n) is 2.99. The average molecular weight is 348 g/mol. The van der Waals surface area contributed by atoms with Crippen LogP contribution in [0.15, 0.2) is 51.5 Å². The zero-order valence-corrected chi connectivity index (χ0v) is 12.5. The highest BCUT2D eigenvalue weighted by Gasteiger charge is 2.11. The van der Waals surface area contributed by atoms with Gasteiger partial charge < -0.3 is 10.3 Å². The molecular weight excluding hydrogens is 337 g/mol. The van der Waals surface area contributed by atoms with E-state index in [1.807, 2.05) is 24.3 Å². The normalized spacial score (nSPS) is 10.8. The van der Waals surface area contributed by atoms with Crippen molar-refractivity contribution in [2.24, 2.45) is 0 Å². The van der Waals surface area contributed by atoms with Crippen LogP contribution in [0.5, 0.6) is 0 Å². The summed E-state index contributed by atoms with van der Waals surface area (Å²) in [5, 5.41) is 3.93. The molecule has 21 heavy (non-hydrogen) atoms. The van der Waals surface area contributed by atoms with Gasteiger partial charge in [0.15, 0.2) is 5.82 Å². The number of rotatable bonds is 3. The molecular formula is C15H11BrFN3O. The van der Waals surface area contributed by atoms with Gasteiger partial charge in [-0.1, -0.05) is 33.2 Å². The van der Waals surface area contributed by atoms with E-state index in [4.69, 9.17) is 10.3 Å². The second-order valence-electron chi connectivity index (χ2n) is 4.56. The highest BCUT2D eigenvalue weighted by Crippen LogP contribution is 2.22. The van der Waals surface area contributed by atoms with Gasteiger partial charge in [0.25, 0.3) is 5.89 Å². The number of nitrogens with zero attached hydrogens (tertiary/aromatic N) is 2. The van der Waals surface area contributed by atoms with Crippen LogP contribution in [0.4, 0.5) is 10.1 Å². The average Bonchev–Trinajstić information content (AvgIpc) is 2.93. The predicted molar refractivity (Wildman–Crippen MR) is 81.1 cm³/mol. The largest absolute Gasteiger partial charge is 0.396 e. The van der Waals surface area contributed by atoms with Crippen LogP contribution in [0, 0.1) is 5.82 Å². The van der Waals surface area contributed by atoms with E-state index in [2.05, 4.69) is 26.1 Å². The first-order chi connectivity index (χ1) is 10.1. The van der Waals surface area contributed by atoms with Crippen LogP contribution in [0.25, 0.3) is 11.5 Å². The van der Waals surface area contributed by atoms with E-state index in [-0.39, 0.29) is 5.69 Å². The van der Waals surface area contributed by atoms with Crippen molar-refractivity contribution in [3.8, 4) is 11.5 Å². The molecule has 2 N–H and O–H groups in total. The second kappa shape index (κ2) is 5.65. The molecule has 3 aromatic rings. The Balaban J connectivity index is 1.82. The molecule has 0 saturated heterocycles. The molecule has 2 aromatic carbocycles. The summed E-state index contributed by atoms with van der Waals surface area (Å²) in [7, 11) is 0. The number of halogens is 2. The molecule has 6 heteroatoms. The number of nitrogen functional groups attached to an aromatic ring is 1. The number of nitrogens with two attached hydrogens (primary N) is 1. The Labute approximate surface area is 128 Å². The minimum atomic E-state index is -0.464. The van der Waals surface area contributed by atoms with Crippen molar-refractivity contribution in [2.75, 3.05) is 5.73 Å². The highest BCUT2D eigenvalue weighted by molar-refractivity contribution is 9.10. The predicted octanol–water partition coefficient (Wildman–Crippen LogP) is 3.81. The van der Waals surface area contributed by atoms with Crippen molar-refractivity contribution in [1.82, 2.24) is 10.1 Å². The Kier molecular flexibility index (Phi) is 3.70. The number of anilines is 1. The first-order valence-corrected chi connectivity index (χ1v) is 7.03. The maximum atomic E-state index is 13.1. The summed E-state index contributed by atoms with van der Waals surface area (Å²) < 4.78 is 19.4. The minimum absolute atomic E-state index is 0.0557. The first kappa shape index (κ1) is 13.8. The molecule has 0 spiro atoms. The van der Waals surface area contributed by atoms with Gasteiger partial charge in [-0.05, 0) is 35.9 Å². The quantitative estimate of drug-likeness (QED) is 0.731. The fourth-order valence-electron chi connectivity index (χ4n) is 1.90. The van der Waals surface area contributed by atoms with Gasteiger partial charge in [-0.15, -0.1) is 0 Å². The lowest BCUT2D eigenvalue weighted by atomic mass is 10.1. The van der Waals surface area contributed by atoms with Gasteiger partial charge in [-0.2, -0.15) is 4.98 Å². The van der Waals surface area contributed by atoms with E-state index < -0.39 is 5.82 Å². The standard InChI is InChI=1S/C15H11BrFN3O/c16-11-4-1-9(2-5-11)7-14-19-15(21-20-14)10-3-6-12(17)13(18)8-10/h1-6,8H,7,18H2. The van der Waals surface area contributed by atoms with E-state index >= 15 is 0 Å². The second-order valence-corrected chi connectivity index (χ2v) is 5.47. The van der Waals surface area contributed by atoms with E-state index in [0.29, 0.717) is 23.7 Å². The summed E-state index contributed by atoms with van der Waals surface area (Å²) in [4.78, 5) is 4.30. The monoisotopic (exact) mass is 347 g/mol. The molecule has 0 radical (unpaired) electrons. The van der Waals surface area contributed by atoms with Crippen molar-refractivity contribution in [3.05, 3.63) is 64.1 Å². The van der Waals surface area contributed by atoms with Gasteiger partial charge in [-0.25, -0.2) is 4.39 Å². The first-order valence-electron chi connectivity index (χ1n) is 6.24. The smallest absolute Gasteiger partial charge is 0.258 e. The fraction of sp³-hybridized carbons (Fsp3) is 0.0667. The summed E-state index contributed by atoms with van der Waals surface area (Å²) in [6, 6.07) is 12.2. The van der Waals surface area contributed by atoms with Gasteiger partial charge in [0.05, 0.1) is 5.69 Å². The number of aromatic nitrogens is 2. The van der Waals surface area contributed by atoms with Gasteiger partial charge in [0, 0.05) is 16.5 Å². The van der Waals surface area contributed by atoms with Crippen LogP contribution in [0.1, 0.15) is 11.4 Å². The van der Waals surface area contributed by atoms with Crippen LogP contribution < -0.4 is 5.73 Å². The Morgan fingerprint density at radius 3 is 2.62 bits per heavy atom. The summed E-state index contributed by atoms with van der Waals surface area (Å²) in [6.45, 7) is 0. The molecule has 1 heterocycles. The van der Waals surface area contributed by atoms with E-state index in [0.717, 1.165) is 10.0 Å². The fourth-order valence-corrected chi connectivity index (χ4v) is 2.17. The molecule has 0 aliphatic rings. The Morgan fingerprint density at radius 2 is 1.90 bits per heavy atom. The molecule has 0 unspecified atom stereocenters. The molecule has 0 atom stereocenters. The zero-order valence-electron chi connectivity index (χ0n) is 10.9. The molecule has 3 rings (SSSR count). The lowest BCUT2D eigenvalue weighted by Crippen LogP contribution is -1.92. The third-order valence-corrected chi connectivity index (χ3v) is 3.52. The molecule has 106 valence electrons. The molecule has 0 saturated carbocycles. The minimum Gasteiger partial charge on any atom is -0.396 e. The van der Waals surface area contributed by atoms with Crippen LogP contribution in [0.3, 0.4) is 0 Å². The van der Waals surface area contributed by atoms with Crippen LogP contribution in [0.2, 0.25) is 0 Å². The maximum Gasteiger partial charge on any atom is 0.258 e. The van der Waals surface area contributed by atoms with Crippen LogP contribution in [-0.4, -0.2) is 10.1 Å². The van der Waals surface area contributed by atoms with Crippen molar-refractivity contribution in [2.45, 2.75) is 6.42 Å². The van der Waals surface area contributed by atoms with Gasteiger partial charge >= 0.3 is 0 Å². The molecule has 4 nitrogen and oxygen atoms in total. The Hall–Kier alpha value is -2.21. The lowest BCUT2D eigenvalue weighted by Gasteiger charge is -1.98. The van der Waals surface area contributed by atoms with Crippen molar-refractivity contribution < 1.29 is 8.91 Å². The molecule has 0 aliphatic heterocycles. The maximum absolute atomic E-state index is 13.1. The van der Waals surface area contributed by atoms with Crippen LogP contribution in [-0.2, 0) is 6.42 Å². The van der Waals surface area contributed by atoms with E-state index in [1.165, 1.54) is 12.1 Å². The third kappa shape index (κ3) is 3.11. The Morgan fingerprint density at radius 1 is 1.14 bits per heavy atom. The van der Waals surface area contributed by atoms with Crippen LogP contribution >= 0.6 is 15.9 Å². The van der Waals surface area contributed by atoms with Crippen molar-refractivity contribution >= 4 is 21.6 Å². The highest BCUT2D eigenvalue weighted by atomic mass is 79.9. The molecule has 0 bridgehead atoms. The number of hydrogen-bond acceptors (Lipinski definition) is 4. The van der Waals surface area contributed by atoms with Crippen molar-refractivity contribution in [3.63, 3.8) is 0 Å². The molecule has 0 amide bonds. The van der Waals surface area contributed by atoms with Gasteiger partial charge in [-0.3, -0.25) is 0 Å². The summed E-state index contributed by atoms with van der Waals surface area (Å²) >= 11 is 3.39. The molecule has 1 aromatic heterocycles. The summed E-state index contributed by atoms with van der Waals surface area (Å²) in [5.41, 5.74) is 7.26. The summed E-state index contributed by atoms with van der Waals surface area (Å²) in [6.07, 6.45) is 0.563. The topological polar surface area (TPSA) is 64.9 Å². The SMILES string of the molecule is Nc1cc(-c2nc(Cc3ccc(Br)cc3)no2)ccc1F. The number of benzene rings is 2. The summed E-state index contributed by atoms with van der Waals surface area (Å²) in [5.74, 6) is 0.428. The zero-order chi connectivity index (χ0) is 14.8. The number of hydrogen-bond donors (Lipinski definition) is 1. The van der Waals surface area contributed by atoms with Crippen molar-refractivity contribution in [1.29, 1.82) is 0 Å². The van der Waals surface area contributed by atoms with Gasteiger partial charge in [0.2, 0.25) is 0 Å².